The molecule has 2 aromatic carbocycles. The van der Waals surface area contributed by atoms with Crippen LogP contribution in [0.2, 0.25) is 0 Å². The Bertz CT molecular complexity index is 465. The van der Waals surface area contributed by atoms with Gasteiger partial charge >= 0.3 is 0 Å². The van der Waals surface area contributed by atoms with Crippen molar-refractivity contribution in [3.63, 3.8) is 0 Å². The lowest BCUT2D eigenvalue weighted by Crippen LogP contribution is -2.18. The lowest BCUT2D eigenvalue weighted by molar-refractivity contribution is 0.729. The van der Waals surface area contributed by atoms with Crippen molar-refractivity contribution in [2.45, 2.75) is 29.2 Å². The van der Waals surface area contributed by atoms with E-state index >= 15 is 0 Å². The van der Waals surface area contributed by atoms with E-state index in [0.29, 0.717) is 0 Å². The average Bonchev–Trinajstić information content (AvgIpc) is 2.32. The molecule has 88 valence electrons. The first-order chi connectivity index (χ1) is 8.25. The van der Waals surface area contributed by atoms with Gasteiger partial charge in [-0.1, -0.05) is 48.2 Å². The molecule has 17 heavy (non-hydrogen) atoms. The molecular formula is C15H17NS. The summed E-state index contributed by atoms with van der Waals surface area (Å²) in [5.74, 6) is 0. The van der Waals surface area contributed by atoms with E-state index < -0.39 is 0 Å². The predicted octanol–water partition coefficient (Wildman–Crippen LogP) is 3.73. The number of hydrogen-bond acceptors (Lipinski definition) is 2. The zero-order chi connectivity index (χ0) is 12.1. The van der Waals surface area contributed by atoms with Gasteiger partial charge in [0.15, 0.2) is 0 Å². The van der Waals surface area contributed by atoms with Crippen molar-refractivity contribution in [2.24, 2.45) is 5.73 Å². The van der Waals surface area contributed by atoms with E-state index in [2.05, 4.69) is 48.5 Å². The lowest BCUT2D eigenvalue weighted by atomic mass is 10.1. The largest absolute Gasteiger partial charge is 0.328 e. The summed E-state index contributed by atoms with van der Waals surface area (Å²) in [6.45, 7) is 2.05. The molecule has 2 heteroatoms. The van der Waals surface area contributed by atoms with Gasteiger partial charge in [0.1, 0.15) is 0 Å². The minimum Gasteiger partial charge on any atom is -0.328 e. The smallest absolute Gasteiger partial charge is 0.0154 e. The van der Waals surface area contributed by atoms with Crippen LogP contribution in [0.3, 0.4) is 0 Å². The van der Waals surface area contributed by atoms with Crippen LogP contribution in [0, 0.1) is 0 Å². The summed E-state index contributed by atoms with van der Waals surface area (Å²) in [6, 6.07) is 19.1. The molecule has 0 aliphatic heterocycles. The lowest BCUT2D eigenvalue weighted by Gasteiger charge is -2.11. The highest BCUT2D eigenvalue weighted by Crippen LogP contribution is 2.30. The fraction of sp³-hybridized carbons (Fsp3) is 0.200. The van der Waals surface area contributed by atoms with Crippen molar-refractivity contribution in [3.05, 3.63) is 60.2 Å². The van der Waals surface area contributed by atoms with Gasteiger partial charge in [0.25, 0.3) is 0 Å². The Hall–Kier alpha value is -1.25. The fourth-order valence-corrected chi connectivity index (χ4v) is 2.71. The van der Waals surface area contributed by atoms with Crippen LogP contribution in [0.15, 0.2) is 64.4 Å². The van der Waals surface area contributed by atoms with Crippen molar-refractivity contribution < 1.29 is 0 Å². The molecule has 0 amide bonds. The molecule has 0 aromatic heterocycles. The van der Waals surface area contributed by atoms with E-state index in [-0.39, 0.29) is 6.04 Å². The minimum absolute atomic E-state index is 0.201. The van der Waals surface area contributed by atoms with E-state index in [1.54, 1.807) is 11.8 Å². The highest BCUT2D eigenvalue weighted by Gasteiger charge is 2.05. The highest BCUT2D eigenvalue weighted by molar-refractivity contribution is 7.99. The molecule has 0 spiro atoms. The van der Waals surface area contributed by atoms with Crippen LogP contribution in [0.5, 0.6) is 0 Å². The second kappa shape index (κ2) is 5.89. The molecule has 0 heterocycles. The van der Waals surface area contributed by atoms with Gasteiger partial charge in [-0.3, -0.25) is 0 Å². The monoisotopic (exact) mass is 243 g/mol. The summed E-state index contributed by atoms with van der Waals surface area (Å²) in [5, 5.41) is 0. The van der Waals surface area contributed by atoms with Gasteiger partial charge in [-0.15, -0.1) is 0 Å². The average molecular weight is 243 g/mol. The molecule has 2 rings (SSSR count). The Labute approximate surface area is 107 Å². The molecule has 1 nitrogen and oxygen atoms in total. The molecule has 0 radical (unpaired) electrons. The van der Waals surface area contributed by atoms with E-state index in [1.807, 2.05) is 13.0 Å². The third-order valence-electron chi connectivity index (χ3n) is 2.49. The summed E-state index contributed by atoms with van der Waals surface area (Å²) in [6.07, 6.45) is 0.927. The molecule has 2 N–H and O–H groups in total. The molecule has 2 aromatic rings. The minimum atomic E-state index is 0.201. The van der Waals surface area contributed by atoms with Crippen LogP contribution in [0.4, 0.5) is 0 Å². The van der Waals surface area contributed by atoms with Gasteiger partial charge in [0, 0.05) is 15.8 Å². The molecule has 0 bridgehead atoms. The van der Waals surface area contributed by atoms with Crippen LogP contribution in [-0.4, -0.2) is 6.04 Å². The van der Waals surface area contributed by atoms with Crippen LogP contribution in [-0.2, 0) is 6.42 Å². The van der Waals surface area contributed by atoms with Gasteiger partial charge in [0.05, 0.1) is 0 Å². The molecule has 0 unspecified atom stereocenters. The van der Waals surface area contributed by atoms with Gasteiger partial charge in [-0.25, -0.2) is 0 Å². The first-order valence-electron chi connectivity index (χ1n) is 5.82. The summed E-state index contributed by atoms with van der Waals surface area (Å²) in [5.41, 5.74) is 7.21. The Morgan fingerprint density at radius 2 is 1.65 bits per heavy atom. The van der Waals surface area contributed by atoms with Crippen molar-refractivity contribution in [3.8, 4) is 0 Å². The Kier molecular flexibility index (Phi) is 4.24. The fourth-order valence-electron chi connectivity index (χ4n) is 1.73. The standard InChI is InChI=1S/C15H17NS/c1-12(16)11-13-7-5-6-10-15(13)17-14-8-3-2-4-9-14/h2-10,12H,11,16H2,1H3/t12-/m0/s1. The molecule has 0 saturated carbocycles. The predicted molar refractivity (Wildman–Crippen MR) is 74.4 cm³/mol. The van der Waals surface area contributed by atoms with Crippen LogP contribution < -0.4 is 5.73 Å². The third-order valence-corrected chi connectivity index (χ3v) is 3.61. The Morgan fingerprint density at radius 3 is 2.35 bits per heavy atom. The maximum absolute atomic E-state index is 5.88. The first-order valence-corrected chi connectivity index (χ1v) is 6.64. The van der Waals surface area contributed by atoms with Gasteiger partial charge in [-0.05, 0) is 37.1 Å². The zero-order valence-corrected chi connectivity index (χ0v) is 10.8. The van der Waals surface area contributed by atoms with Crippen LogP contribution in [0.1, 0.15) is 12.5 Å². The first kappa shape index (κ1) is 12.2. The van der Waals surface area contributed by atoms with Gasteiger partial charge in [0.2, 0.25) is 0 Å². The molecule has 0 aliphatic rings. The van der Waals surface area contributed by atoms with Crippen molar-refractivity contribution in [2.75, 3.05) is 0 Å². The van der Waals surface area contributed by atoms with E-state index in [0.717, 1.165) is 6.42 Å². The second-order valence-corrected chi connectivity index (χ2v) is 5.32. The third kappa shape index (κ3) is 3.62. The maximum Gasteiger partial charge on any atom is 0.0154 e. The van der Waals surface area contributed by atoms with Crippen molar-refractivity contribution in [1.29, 1.82) is 0 Å². The molecule has 0 aliphatic carbocycles. The van der Waals surface area contributed by atoms with Gasteiger partial charge in [-0.2, -0.15) is 0 Å². The molecular weight excluding hydrogens is 226 g/mol. The van der Waals surface area contributed by atoms with Gasteiger partial charge < -0.3 is 5.73 Å². The highest BCUT2D eigenvalue weighted by atomic mass is 32.2. The SMILES string of the molecule is C[C@H](N)Cc1ccccc1Sc1ccccc1. The summed E-state index contributed by atoms with van der Waals surface area (Å²) >= 11 is 1.80. The van der Waals surface area contributed by atoms with Crippen molar-refractivity contribution >= 4 is 11.8 Å². The number of benzene rings is 2. The molecule has 1 atom stereocenters. The Morgan fingerprint density at radius 1 is 1.00 bits per heavy atom. The second-order valence-electron chi connectivity index (χ2n) is 4.20. The van der Waals surface area contributed by atoms with Crippen LogP contribution >= 0.6 is 11.8 Å². The van der Waals surface area contributed by atoms with E-state index in [4.69, 9.17) is 5.73 Å². The normalized spacial score (nSPS) is 12.4. The summed E-state index contributed by atoms with van der Waals surface area (Å²) < 4.78 is 0. The van der Waals surface area contributed by atoms with E-state index in [1.165, 1.54) is 15.4 Å². The number of rotatable bonds is 4. The zero-order valence-electron chi connectivity index (χ0n) is 9.97. The quantitative estimate of drug-likeness (QED) is 0.885. The van der Waals surface area contributed by atoms with Crippen LogP contribution in [0.25, 0.3) is 0 Å². The molecule has 0 fully saturated rings. The Balaban J connectivity index is 2.20. The maximum atomic E-state index is 5.88. The van der Waals surface area contributed by atoms with E-state index in [9.17, 15) is 0 Å². The van der Waals surface area contributed by atoms with Crippen molar-refractivity contribution in [1.82, 2.24) is 0 Å². The number of nitrogens with two attached hydrogens (primary N) is 1. The summed E-state index contributed by atoms with van der Waals surface area (Å²) in [7, 11) is 0. The number of hydrogen-bond donors (Lipinski definition) is 1. The topological polar surface area (TPSA) is 26.0 Å². The summed E-state index contributed by atoms with van der Waals surface area (Å²) in [4.78, 5) is 2.57. The molecule has 0 saturated heterocycles.